The summed E-state index contributed by atoms with van der Waals surface area (Å²) in [5.41, 5.74) is 4.85. The molecule has 1 aromatic heterocycles. The fourth-order valence-corrected chi connectivity index (χ4v) is 2.63. The molecule has 8 heteroatoms. The minimum atomic E-state index is -0.418. The Morgan fingerprint density at radius 1 is 1.19 bits per heavy atom. The van der Waals surface area contributed by atoms with Gasteiger partial charge in [-0.05, 0) is 42.5 Å². The monoisotopic (exact) mass is 388 g/mol. The smallest absolute Gasteiger partial charge is 0.289 e. The van der Waals surface area contributed by atoms with E-state index in [1.54, 1.807) is 31.4 Å². The third-order valence-electron chi connectivity index (χ3n) is 3.54. The van der Waals surface area contributed by atoms with Gasteiger partial charge in [-0.3, -0.25) is 9.89 Å². The van der Waals surface area contributed by atoms with Crippen LogP contribution in [0.25, 0.3) is 11.3 Å². The molecule has 0 fully saturated rings. The molecule has 0 saturated carbocycles. The lowest BCUT2D eigenvalue weighted by Gasteiger charge is -2.00. The maximum absolute atomic E-state index is 12.1. The van der Waals surface area contributed by atoms with E-state index in [0.717, 1.165) is 11.3 Å². The lowest BCUT2D eigenvalue weighted by Crippen LogP contribution is -2.18. The number of nitrogens with one attached hydrogen (secondary N) is 2. The van der Waals surface area contributed by atoms with Gasteiger partial charge in [-0.15, -0.1) is 0 Å². The number of hydrogen-bond donors (Lipinski definition) is 2. The summed E-state index contributed by atoms with van der Waals surface area (Å²) in [6.07, 6.45) is 1.44. The van der Waals surface area contributed by atoms with Crippen LogP contribution in [0.5, 0.6) is 5.75 Å². The number of methoxy groups -OCH3 is 1. The average Bonchev–Trinajstić information content (AvgIpc) is 3.14. The van der Waals surface area contributed by atoms with Gasteiger partial charge < -0.3 is 4.74 Å². The summed E-state index contributed by atoms with van der Waals surface area (Å²) in [6.45, 7) is 0. The molecule has 26 heavy (non-hydrogen) atoms. The number of rotatable bonds is 5. The summed E-state index contributed by atoms with van der Waals surface area (Å²) >= 11 is 11.9. The number of carbonyl (C=O) groups excluding carboxylic acids is 1. The minimum absolute atomic E-state index is 0.287. The van der Waals surface area contributed by atoms with Crippen LogP contribution < -0.4 is 10.2 Å². The Morgan fingerprint density at radius 2 is 1.96 bits per heavy atom. The van der Waals surface area contributed by atoms with Crippen LogP contribution in [0.4, 0.5) is 0 Å². The molecule has 0 saturated heterocycles. The molecule has 6 nitrogen and oxygen atoms in total. The molecule has 0 bridgehead atoms. The van der Waals surface area contributed by atoms with Crippen molar-refractivity contribution in [3.8, 4) is 17.0 Å². The number of H-pyrrole nitrogens is 1. The van der Waals surface area contributed by atoms with Crippen molar-refractivity contribution in [3.63, 3.8) is 0 Å². The second kappa shape index (κ2) is 8.03. The minimum Gasteiger partial charge on any atom is -0.497 e. The highest BCUT2D eigenvalue weighted by Crippen LogP contribution is 2.21. The first-order valence-corrected chi connectivity index (χ1v) is 8.30. The summed E-state index contributed by atoms with van der Waals surface area (Å²) < 4.78 is 5.12. The number of hydrazone groups is 1. The van der Waals surface area contributed by atoms with Crippen molar-refractivity contribution in [2.45, 2.75) is 0 Å². The second-order valence-electron chi connectivity index (χ2n) is 5.26. The van der Waals surface area contributed by atoms with Crippen LogP contribution in [0.3, 0.4) is 0 Å². The van der Waals surface area contributed by atoms with E-state index >= 15 is 0 Å². The molecule has 0 aliphatic carbocycles. The van der Waals surface area contributed by atoms with Gasteiger partial charge in [-0.2, -0.15) is 10.2 Å². The first-order valence-electron chi connectivity index (χ1n) is 7.55. The molecule has 0 spiro atoms. The first kappa shape index (κ1) is 18.0. The van der Waals surface area contributed by atoms with Gasteiger partial charge >= 0.3 is 0 Å². The van der Waals surface area contributed by atoms with Gasteiger partial charge in [0.1, 0.15) is 11.4 Å². The number of aromatic amines is 1. The van der Waals surface area contributed by atoms with Crippen molar-refractivity contribution in [2.24, 2.45) is 5.10 Å². The van der Waals surface area contributed by atoms with Crippen LogP contribution in [0.1, 0.15) is 16.1 Å². The van der Waals surface area contributed by atoms with Crippen LogP contribution in [0, 0.1) is 0 Å². The van der Waals surface area contributed by atoms with Crippen LogP contribution in [-0.4, -0.2) is 29.4 Å². The Kier molecular flexibility index (Phi) is 5.55. The molecular weight excluding hydrogens is 375 g/mol. The number of hydrogen-bond acceptors (Lipinski definition) is 4. The van der Waals surface area contributed by atoms with Crippen molar-refractivity contribution in [2.75, 3.05) is 7.11 Å². The molecule has 2 aromatic carbocycles. The van der Waals surface area contributed by atoms with Crippen molar-refractivity contribution >= 4 is 35.3 Å². The second-order valence-corrected chi connectivity index (χ2v) is 6.10. The SMILES string of the molecule is COc1ccc(-c2cc(C(=O)NN=Cc3ccc(Cl)cc3Cl)[nH]n2)cc1. The van der Waals surface area contributed by atoms with E-state index in [2.05, 4.69) is 20.7 Å². The summed E-state index contributed by atoms with van der Waals surface area (Å²) in [5.74, 6) is 0.330. The topological polar surface area (TPSA) is 79.4 Å². The van der Waals surface area contributed by atoms with Gasteiger partial charge in [-0.1, -0.05) is 29.3 Å². The Bertz CT molecular complexity index is 952. The largest absolute Gasteiger partial charge is 0.497 e. The van der Waals surface area contributed by atoms with E-state index in [-0.39, 0.29) is 5.69 Å². The highest BCUT2D eigenvalue weighted by atomic mass is 35.5. The number of ether oxygens (including phenoxy) is 1. The van der Waals surface area contributed by atoms with Gasteiger partial charge in [-0.25, -0.2) is 5.43 Å². The number of aromatic nitrogens is 2. The number of amides is 1. The van der Waals surface area contributed by atoms with Crippen LogP contribution in [0.2, 0.25) is 10.0 Å². The summed E-state index contributed by atoms with van der Waals surface area (Å²) in [7, 11) is 1.60. The number of benzene rings is 2. The molecule has 0 aliphatic heterocycles. The van der Waals surface area contributed by atoms with Gasteiger partial charge in [0.25, 0.3) is 5.91 Å². The highest BCUT2D eigenvalue weighted by molar-refractivity contribution is 6.36. The van der Waals surface area contributed by atoms with Crippen molar-refractivity contribution in [3.05, 3.63) is 69.8 Å². The van der Waals surface area contributed by atoms with E-state index in [1.165, 1.54) is 6.21 Å². The van der Waals surface area contributed by atoms with Crippen molar-refractivity contribution in [1.29, 1.82) is 0 Å². The summed E-state index contributed by atoms with van der Waals surface area (Å²) in [6, 6.07) is 14.0. The number of carbonyl (C=O) groups is 1. The number of nitrogens with zero attached hydrogens (tertiary/aromatic N) is 2. The van der Waals surface area contributed by atoms with Gasteiger partial charge in [0.15, 0.2) is 0 Å². The normalized spacial score (nSPS) is 10.9. The van der Waals surface area contributed by atoms with Crippen molar-refractivity contribution < 1.29 is 9.53 Å². The third kappa shape index (κ3) is 4.22. The molecule has 3 aromatic rings. The van der Waals surface area contributed by atoms with E-state index < -0.39 is 5.91 Å². The fraction of sp³-hybridized carbons (Fsp3) is 0.0556. The lowest BCUT2D eigenvalue weighted by atomic mass is 10.1. The van der Waals surface area contributed by atoms with Gasteiger partial charge in [0.05, 0.1) is 24.0 Å². The summed E-state index contributed by atoms with van der Waals surface area (Å²) in [5, 5.41) is 11.7. The summed E-state index contributed by atoms with van der Waals surface area (Å²) in [4.78, 5) is 12.1. The van der Waals surface area contributed by atoms with Gasteiger partial charge in [0, 0.05) is 16.1 Å². The van der Waals surface area contributed by atoms with Gasteiger partial charge in [0.2, 0.25) is 0 Å². The Morgan fingerprint density at radius 3 is 2.65 bits per heavy atom. The molecule has 0 radical (unpaired) electrons. The molecular formula is C18H14Cl2N4O2. The average molecular weight is 389 g/mol. The Balaban J connectivity index is 1.66. The predicted octanol–water partition coefficient (Wildman–Crippen LogP) is 4.16. The van der Waals surface area contributed by atoms with E-state index in [4.69, 9.17) is 27.9 Å². The molecule has 2 N–H and O–H groups in total. The maximum atomic E-state index is 12.1. The molecule has 3 rings (SSSR count). The third-order valence-corrected chi connectivity index (χ3v) is 4.10. The fourth-order valence-electron chi connectivity index (χ4n) is 2.17. The zero-order valence-electron chi connectivity index (χ0n) is 13.7. The van der Waals surface area contributed by atoms with E-state index in [0.29, 0.717) is 21.3 Å². The van der Waals surface area contributed by atoms with Crippen molar-refractivity contribution in [1.82, 2.24) is 15.6 Å². The molecule has 1 amide bonds. The first-order chi connectivity index (χ1) is 12.6. The standard InChI is InChI=1S/C18H14Cl2N4O2/c1-26-14-6-3-11(4-7-14)16-9-17(23-22-16)18(25)24-21-10-12-2-5-13(19)8-15(12)20/h2-10H,1H3,(H,22,23)(H,24,25). The Hall–Kier alpha value is -2.83. The Labute approximate surface area is 159 Å². The molecule has 0 atom stereocenters. The van der Waals surface area contributed by atoms with E-state index in [9.17, 15) is 4.79 Å². The zero-order chi connectivity index (χ0) is 18.5. The van der Waals surface area contributed by atoms with Crippen LogP contribution in [-0.2, 0) is 0 Å². The quantitative estimate of drug-likeness (QED) is 0.508. The number of halogens is 2. The van der Waals surface area contributed by atoms with Crippen LogP contribution >= 0.6 is 23.2 Å². The lowest BCUT2D eigenvalue weighted by molar-refractivity contribution is 0.0950. The maximum Gasteiger partial charge on any atom is 0.289 e. The molecule has 132 valence electrons. The molecule has 0 unspecified atom stereocenters. The molecule has 0 aliphatic rings. The zero-order valence-corrected chi connectivity index (χ0v) is 15.2. The van der Waals surface area contributed by atoms with Crippen LogP contribution in [0.15, 0.2) is 53.6 Å². The van der Waals surface area contributed by atoms with E-state index in [1.807, 2.05) is 24.3 Å². The molecule has 1 heterocycles. The highest BCUT2D eigenvalue weighted by Gasteiger charge is 2.10. The predicted molar refractivity (Wildman–Crippen MR) is 102 cm³/mol.